The number of ether oxygens (including phenoxy) is 3. The molecule has 3 N–H and O–H groups in total. The van der Waals surface area contributed by atoms with Crippen LogP contribution < -0.4 is 26.0 Å². The highest BCUT2D eigenvalue weighted by molar-refractivity contribution is 6.04. The first-order valence-corrected chi connectivity index (χ1v) is 15.1. The molecule has 0 spiro atoms. The second-order valence-electron chi connectivity index (χ2n) is 11.3. The average Bonchev–Trinajstić information content (AvgIpc) is 3.52. The number of hydrogen-bond acceptors (Lipinski definition) is 8. The molecule has 1 saturated heterocycles. The number of furan rings is 1. The molecule has 236 valence electrons. The zero-order chi connectivity index (χ0) is 32.2. The Bertz CT molecular complexity index is 1920. The monoisotopic (exact) mass is 620 g/mol. The summed E-state index contributed by atoms with van der Waals surface area (Å²) in [7, 11) is 3.18. The number of nitrogen functional groups attached to an aromatic ring is 1. The number of pyridine rings is 2. The molecule has 1 fully saturated rings. The Morgan fingerprint density at radius 3 is 2.37 bits per heavy atom. The van der Waals surface area contributed by atoms with Crippen molar-refractivity contribution >= 4 is 17.4 Å². The standard InChI is InChI=1S/C36H36N4O6/c1-22-4-10-31(46-22)29-20-40(19-23-12-14-45-15-13-23)21-30(34(29)41)36(42)39-27-8-5-24(6-9-27)28-16-26(18-38-35(28)37)25-7-11-32(43-2)33(17-25)44-3/h4-11,16-18,20-21,23H,12-15,19H2,1-3H3,(H2,37,38)(H,39,42). The number of aromatic nitrogens is 2. The summed E-state index contributed by atoms with van der Waals surface area (Å²) >= 11 is 0. The maximum atomic E-state index is 13.6. The van der Waals surface area contributed by atoms with Crippen LogP contribution in [0.1, 0.15) is 29.0 Å². The lowest BCUT2D eigenvalue weighted by atomic mass is 10.00. The molecule has 0 atom stereocenters. The van der Waals surface area contributed by atoms with E-state index in [2.05, 4.69) is 10.3 Å². The normalized spacial score (nSPS) is 13.4. The number of nitrogens with zero attached hydrogens (tertiary/aromatic N) is 2. The largest absolute Gasteiger partial charge is 0.493 e. The molecule has 1 aliphatic rings. The van der Waals surface area contributed by atoms with Crippen molar-refractivity contribution in [1.82, 2.24) is 9.55 Å². The molecule has 0 unspecified atom stereocenters. The highest BCUT2D eigenvalue weighted by atomic mass is 16.5. The number of carbonyl (C=O) groups excluding carboxylic acids is 1. The van der Waals surface area contributed by atoms with Crippen molar-refractivity contribution < 1.29 is 23.4 Å². The van der Waals surface area contributed by atoms with Crippen molar-refractivity contribution in [3.05, 3.63) is 101 Å². The zero-order valence-corrected chi connectivity index (χ0v) is 26.0. The molecule has 3 aromatic heterocycles. The van der Waals surface area contributed by atoms with Gasteiger partial charge >= 0.3 is 0 Å². The van der Waals surface area contributed by atoms with Gasteiger partial charge in [-0.1, -0.05) is 18.2 Å². The third-order valence-corrected chi connectivity index (χ3v) is 8.23. The van der Waals surface area contributed by atoms with Gasteiger partial charge < -0.3 is 34.2 Å². The number of methoxy groups -OCH3 is 2. The number of benzene rings is 2. The average molecular weight is 621 g/mol. The Labute approximate surface area is 266 Å². The molecule has 2 aromatic carbocycles. The number of hydrogen-bond donors (Lipinski definition) is 2. The Hall–Kier alpha value is -5.35. The molecule has 0 bridgehead atoms. The predicted molar refractivity (Wildman–Crippen MR) is 177 cm³/mol. The highest BCUT2D eigenvalue weighted by Gasteiger charge is 2.21. The molecule has 0 saturated carbocycles. The Balaban J connectivity index is 1.26. The van der Waals surface area contributed by atoms with Gasteiger partial charge in [0.2, 0.25) is 5.43 Å². The van der Waals surface area contributed by atoms with Gasteiger partial charge in [0.05, 0.1) is 19.8 Å². The molecule has 5 aromatic rings. The fraction of sp³-hybridized carbons (Fsp3) is 0.250. The van der Waals surface area contributed by atoms with Crippen LogP contribution in [-0.4, -0.2) is 42.9 Å². The van der Waals surface area contributed by atoms with E-state index in [1.54, 1.807) is 57.1 Å². The topological polar surface area (TPSA) is 131 Å². The van der Waals surface area contributed by atoms with Crippen molar-refractivity contribution in [1.29, 1.82) is 0 Å². The van der Waals surface area contributed by atoms with E-state index in [-0.39, 0.29) is 5.56 Å². The summed E-state index contributed by atoms with van der Waals surface area (Å²) in [4.78, 5) is 31.5. The number of carbonyl (C=O) groups is 1. The number of nitrogens with two attached hydrogens (primary N) is 1. The maximum Gasteiger partial charge on any atom is 0.261 e. The smallest absolute Gasteiger partial charge is 0.261 e. The van der Waals surface area contributed by atoms with E-state index in [4.69, 9.17) is 24.4 Å². The quantitative estimate of drug-likeness (QED) is 0.193. The molecule has 10 nitrogen and oxygen atoms in total. The number of amides is 1. The summed E-state index contributed by atoms with van der Waals surface area (Å²) in [6.45, 7) is 3.91. The second-order valence-corrected chi connectivity index (χ2v) is 11.3. The Kier molecular flexibility index (Phi) is 8.89. The fourth-order valence-corrected chi connectivity index (χ4v) is 5.69. The summed E-state index contributed by atoms with van der Waals surface area (Å²) in [5, 5.41) is 2.89. The SMILES string of the molecule is COc1ccc(-c2cnc(N)c(-c3ccc(NC(=O)c4cn(CC5CCOCC5)cc(-c5ccc(C)o5)c4=O)cc3)c2)cc1OC. The molecule has 46 heavy (non-hydrogen) atoms. The first-order valence-electron chi connectivity index (χ1n) is 15.1. The molecule has 0 radical (unpaired) electrons. The van der Waals surface area contributed by atoms with Crippen molar-refractivity contribution in [3.63, 3.8) is 0 Å². The van der Waals surface area contributed by atoms with Crippen LogP contribution in [0.3, 0.4) is 0 Å². The summed E-state index contributed by atoms with van der Waals surface area (Å²) in [6, 6.07) is 18.4. The molecular formula is C36H36N4O6. The van der Waals surface area contributed by atoms with Gasteiger partial charge in [-0.15, -0.1) is 0 Å². The van der Waals surface area contributed by atoms with Gasteiger partial charge in [-0.25, -0.2) is 4.98 Å². The lowest BCUT2D eigenvalue weighted by molar-refractivity contribution is 0.0612. The molecular weight excluding hydrogens is 584 g/mol. The van der Waals surface area contributed by atoms with E-state index >= 15 is 0 Å². The molecule has 1 amide bonds. The molecule has 6 rings (SSSR count). The van der Waals surface area contributed by atoms with Crippen molar-refractivity contribution in [2.75, 3.05) is 38.5 Å². The minimum absolute atomic E-state index is 0.0405. The van der Waals surface area contributed by atoms with Gasteiger partial charge in [-0.3, -0.25) is 9.59 Å². The first-order chi connectivity index (χ1) is 22.3. The summed E-state index contributed by atoms with van der Waals surface area (Å²) in [6.07, 6.45) is 6.96. The van der Waals surface area contributed by atoms with Gasteiger partial charge in [0.25, 0.3) is 5.91 Å². The Morgan fingerprint density at radius 1 is 0.935 bits per heavy atom. The van der Waals surface area contributed by atoms with Crippen LogP contribution in [-0.2, 0) is 11.3 Å². The molecule has 1 aliphatic heterocycles. The summed E-state index contributed by atoms with van der Waals surface area (Å²) in [5.41, 5.74) is 10.1. The third-order valence-electron chi connectivity index (χ3n) is 8.23. The fourth-order valence-electron chi connectivity index (χ4n) is 5.69. The third kappa shape index (κ3) is 6.52. The van der Waals surface area contributed by atoms with Crippen molar-refractivity contribution in [2.45, 2.75) is 26.3 Å². The van der Waals surface area contributed by atoms with E-state index in [0.29, 0.717) is 65.8 Å². The van der Waals surface area contributed by atoms with Crippen LogP contribution in [0.25, 0.3) is 33.6 Å². The number of anilines is 2. The van der Waals surface area contributed by atoms with Crippen LogP contribution in [0.15, 0.2) is 88.5 Å². The number of nitrogens with one attached hydrogen (secondary N) is 1. The van der Waals surface area contributed by atoms with Crippen LogP contribution in [0, 0.1) is 12.8 Å². The predicted octanol–water partition coefficient (Wildman–Crippen LogP) is 6.42. The van der Waals surface area contributed by atoms with Gasteiger partial charge in [0.15, 0.2) is 11.5 Å². The number of aryl methyl sites for hydroxylation is 1. The number of rotatable bonds is 9. The van der Waals surface area contributed by atoms with E-state index in [0.717, 1.165) is 35.1 Å². The van der Waals surface area contributed by atoms with Crippen LogP contribution in [0.4, 0.5) is 11.5 Å². The Morgan fingerprint density at radius 2 is 1.67 bits per heavy atom. The van der Waals surface area contributed by atoms with Crippen molar-refractivity contribution in [3.8, 4) is 45.1 Å². The molecule has 10 heteroatoms. The van der Waals surface area contributed by atoms with Gasteiger partial charge in [-0.05, 0) is 79.3 Å². The minimum Gasteiger partial charge on any atom is -0.493 e. The van der Waals surface area contributed by atoms with E-state index in [1.807, 2.05) is 47.9 Å². The van der Waals surface area contributed by atoms with Gasteiger partial charge in [-0.2, -0.15) is 0 Å². The summed E-state index contributed by atoms with van der Waals surface area (Å²) in [5.74, 6) is 2.62. The van der Waals surface area contributed by atoms with Crippen LogP contribution >= 0.6 is 0 Å². The van der Waals surface area contributed by atoms with E-state index in [1.165, 1.54) is 0 Å². The van der Waals surface area contributed by atoms with Crippen LogP contribution in [0.2, 0.25) is 0 Å². The van der Waals surface area contributed by atoms with Crippen molar-refractivity contribution in [2.24, 2.45) is 5.92 Å². The summed E-state index contributed by atoms with van der Waals surface area (Å²) < 4.78 is 24.0. The first kappa shape index (κ1) is 30.7. The van der Waals surface area contributed by atoms with Gasteiger partial charge in [0, 0.05) is 55.2 Å². The lowest BCUT2D eigenvalue weighted by Crippen LogP contribution is -2.26. The zero-order valence-electron chi connectivity index (χ0n) is 26.0. The second kappa shape index (κ2) is 13.3. The maximum absolute atomic E-state index is 13.6. The van der Waals surface area contributed by atoms with E-state index < -0.39 is 11.3 Å². The van der Waals surface area contributed by atoms with Crippen LogP contribution in [0.5, 0.6) is 11.5 Å². The van der Waals surface area contributed by atoms with Gasteiger partial charge in [0.1, 0.15) is 22.9 Å². The molecule has 0 aliphatic carbocycles. The molecule has 4 heterocycles. The van der Waals surface area contributed by atoms with E-state index in [9.17, 15) is 9.59 Å². The minimum atomic E-state index is -0.500. The lowest BCUT2D eigenvalue weighted by Gasteiger charge is -2.23. The highest BCUT2D eigenvalue weighted by Crippen LogP contribution is 2.35.